The molecule has 4 N–H and O–H groups in total. The van der Waals surface area contributed by atoms with Crippen molar-refractivity contribution in [3.63, 3.8) is 0 Å². The first-order valence-corrected chi connectivity index (χ1v) is 22.4. The molecule has 4 aromatic carbocycles. The molecule has 8 bridgehead atoms. The summed E-state index contributed by atoms with van der Waals surface area (Å²) in [5.74, 6) is 0.789. The summed E-state index contributed by atoms with van der Waals surface area (Å²) in [6.45, 7) is 12.7. The minimum atomic E-state index is -0.379. The van der Waals surface area contributed by atoms with Gasteiger partial charge in [0.25, 0.3) is 0 Å². The second-order valence-electron chi connectivity index (χ2n) is 15.3. The molecule has 0 spiro atoms. The lowest BCUT2D eigenvalue weighted by molar-refractivity contribution is -0.115. The second kappa shape index (κ2) is 23.1. The van der Waals surface area contributed by atoms with Crippen molar-refractivity contribution in [2.45, 2.75) is 92.9 Å². The number of carbonyl (C=O) groups is 4. The predicted octanol–water partition coefficient (Wildman–Crippen LogP) is 9.79. The fourth-order valence-electron chi connectivity index (χ4n) is 7.53. The number of amides is 4. The molecule has 1 aliphatic rings. The Hall–Kier alpha value is -5.46. The Labute approximate surface area is 374 Å². The fourth-order valence-corrected chi connectivity index (χ4v) is 7.66. The maximum Gasteiger partial charge on any atom is 0.239 e. The highest BCUT2D eigenvalue weighted by Gasteiger charge is 2.25. The van der Waals surface area contributed by atoms with Gasteiger partial charge in [-0.15, -0.1) is 23.2 Å². The van der Waals surface area contributed by atoms with Crippen molar-refractivity contribution in [2.75, 3.05) is 59.5 Å². The lowest BCUT2D eigenvalue weighted by Gasteiger charge is -2.25. The Morgan fingerprint density at radius 2 is 0.629 bits per heavy atom. The van der Waals surface area contributed by atoms with Gasteiger partial charge < -0.3 is 40.2 Å². The molecule has 5 rings (SSSR count). The SMILES string of the molecule is CCCOc1c2cc(NC(C)=O)cc1Cc1cc(NC(=O)CCl)cc(c1OCCC)Cc1cc(NC(=O)CCl)cc(c1OCCC)Cc1cc(NC(C)=O)cc(c1OCCC)C2. The zero-order valence-electron chi connectivity index (χ0n) is 36.5. The highest BCUT2D eigenvalue weighted by molar-refractivity contribution is 6.29. The highest BCUT2D eigenvalue weighted by Crippen LogP contribution is 2.43. The van der Waals surface area contributed by atoms with Crippen molar-refractivity contribution in [2.24, 2.45) is 0 Å². The van der Waals surface area contributed by atoms with Crippen LogP contribution in [0.1, 0.15) is 112 Å². The van der Waals surface area contributed by atoms with E-state index in [9.17, 15) is 19.2 Å². The molecule has 332 valence electrons. The van der Waals surface area contributed by atoms with E-state index in [1.807, 2.05) is 76.2 Å². The largest absolute Gasteiger partial charge is 0.493 e. The standard InChI is InChI=1S/C48H58Cl2N4O8/c1-7-11-59-45-31-15-32-20-40(52-30(6)56)22-34(46(32)60-12-8-2)17-36-24-42(54-44(58)28-50)26-38(48(36)62-14-10-4)18-37-25-41(53-43(57)27-49)23-35(47(37)61-13-9-3)16-33(45)21-39(19-31)51-29(5)55/h19-26H,7-18,27-28H2,1-6H3,(H,51,55)(H,52,56)(H,53,57)(H,54,58). The topological polar surface area (TPSA) is 153 Å². The number of nitrogens with one attached hydrogen (secondary N) is 4. The first-order valence-electron chi connectivity index (χ1n) is 21.3. The van der Waals surface area contributed by atoms with Crippen LogP contribution in [0.4, 0.5) is 22.7 Å². The molecule has 1 aliphatic carbocycles. The predicted molar refractivity (Wildman–Crippen MR) is 247 cm³/mol. The molecule has 4 aromatic rings. The maximum atomic E-state index is 12.9. The van der Waals surface area contributed by atoms with E-state index in [4.69, 9.17) is 42.1 Å². The lowest BCUT2D eigenvalue weighted by atomic mass is 9.90. The van der Waals surface area contributed by atoms with Gasteiger partial charge in [0.15, 0.2) is 0 Å². The minimum Gasteiger partial charge on any atom is -0.493 e. The molecule has 14 heteroatoms. The van der Waals surface area contributed by atoms with E-state index >= 15 is 0 Å². The molecule has 0 heterocycles. The van der Waals surface area contributed by atoms with Gasteiger partial charge in [0.2, 0.25) is 23.6 Å². The van der Waals surface area contributed by atoms with Crippen LogP contribution in [0.25, 0.3) is 0 Å². The summed E-state index contributed by atoms with van der Waals surface area (Å²) in [7, 11) is 0. The smallest absolute Gasteiger partial charge is 0.239 e. The van der Waals surface area contributed by atoms with Crippen molar-refractivity contribution in [3.8, 4) is 23.0 Å². The van der Waals surface area contributed by atoms with Crippen molar-refractivity contribution >= 4 is 69.6 Å². The summed E-state index contributed by atoms with van der Waals surface area (Å²) in [5.41, 5.74) is 8.28. The molecular formula is C48H58Cl2N4O8. The minimum absolute atomic E-state index is 0.239. The van der Waals surface area contributed by atoms with Gasteiger partial charge in [0, 0.05) is 107 Å². The van der Waals surface area contributed by atoms with Crippen LogP contribution in [-0.2, 0) is 44.9 Å². The van der Waals surface area contributed by atoms with Crippen LogP contribution in [0.5, 0.6) is 23.0 Å². The average molecular weight is 890 g/mol. The van der Waals surface area contributed by atoms with E-state index in [2.05, 4.69) is 21.3 Å². The molecule has 4 amide bonds. The molecule has 0 saturated heterocycles. The van der Waals surface area contributed by atoms with Crippen LogP contribution in [0.15, 0.2) is 48.5 Å². The number of ether oxygens (including phenoxy) is 4. The Morgan fingerprint density at radius 3 is 0.806 bits per heavy atom. The fraction of sp³-hybridized carbons (Fsp3) is 0.417. The zero-order valence-corrected chi connectivity index (χ0v) is 38.1. The lowest BCUT2D eigenvalue weighted by Crippen LogP contribution is -2.16. The number of benzene rings is 4. The van der Waals surface area contributed by atoms with E-state index in [0.717, 1.165) is 70.2 Å². The number of carbonyl (C=O) groups excluding carboxylic acids is 4. The Morgan fingerprint density at radius 1 is 0.419 bits per heavy atom. The summed E-state index contributed by atoms with van der Waals surface area (Å²) in [6.07, 6.45) is 4.05. The summed E-state index contributed by atoms with van der Waals surface area (Å²) in [5, 5.41) is 11.9. The molecule has 0 aromatic heterocycles. The number of anilines is 4. The van der Waals surface area contributed by atoms with Gasteiger partial charge >= 0.3 is 0 Å². The second-order valence-corrected chi connectivity index (χ2v) is 15.9. The summed E-state index contributed by atoms with van der Waals surface area (Å²) in [6, 6.07) is 15.2. The van der Waals surface area contributed by atoms with Crippen molar-refractivity contribution in [1.29, 1.82) is 0 Å². The van der Waals surface area contributed by atoms with Crippen LogP contribution < -0.4 is 40.2 Å². The normalized spacial score (nSPS) is 11.9. The number of hydrogen-bond donors (Lipinski definition) is 4. The van der Waals surface area contributed by atoms with Crippen LogP contribution in [0.3, 0.4) is 0 Å². The van der Waals surface area contributed by atoms with Crippen LogP contribution in [0.2, 0.25) is 0 Å². The number of alkyl halides is 2. The van der Waals surface area contributed by atoms with E-state index in [1.165, 1.54) is 13.8 Å². The van der Waals surface area contributed by atoms with E-state index < -0.39 is 0 Å². The summed E-state index contributed by atoms with van der Waals surface area (Å²) in [4.78, 5) is 51.0. The van der Waals surface area contributed by atoms with Gasteiger partial charge in [-0.3, -0.25) is 19.2 Å². The first-order chi connectivity index (χ1) is 29.9. The molecule has 12 nitrogen and oxygen atoms in total. The van der Waals surface area contributed by atoms with Gasteiger partial charge in [-0.1, -0.05) is 27.7 Å². The highest BCUT2D eigenvalue weighted by atomic mass is 35.5. The van der Waals surface area contributed by atoms with E-state index in [-0.39, 0.29) is 54.7 Å². The van der Waals surface area contributed by atoms with Crippen molar-refractivity contribution in [3.05, 3.63) is 93.0 Å². The monoisotopic (exact) mass is 888 g/mol. The zero-order chi connectivity index (χ0) is 44.8. The quantitative estimate of drug-likeness (QED) is 0.0635. The molecule has 0 saturated carbocycles. The molecule has 0 aliphatic heterocycles. The number of fused-ring (bicyclic) bond motifs is 8. The Balaban J connectivity index is 1.96. The molecule has 62 heavy (non-hydrogen) atoms. The van der Waals surface area contributed by atoms with Crippen LogP contribution in [-0.4, -0.2) is 61.8 Å². The van der Waals surface area contributed by atoms with Crippen LogP contribution in [0, 0.1) is 0 Å². The van der Waals surface area contributed by atoms with E-state index in [1.54, 1.807) is 0 Å². The number of hydrogen-bond acceptors (Lipinski definition) is 8. The van der Waals surface area contributed by atoms with Crippen molar-refractivity contribution < 1.29 is 38.1 Å². The van der Waals surface area contributed by atoms with E-state index in [0.29, 0.717) is 78.6 Å². The third kappa shape index (κ3) is 12.8. The van der Waals surface area contributed by atoms with Gasteiger partial charge in [0.05, 0.1) is 26.4 Å². The Bertz CT molecular complexity index is 2110. The molecule has 0 atom stereocenters. The summed E-state index contributed by atoms with van der Waals surface area (Å²) >= 11 is 12.0. The van der Waals surface area contributed by atoms with Crippen LogP contribution >= 0.6 is 23.2 Å². The van der Waals surface area contributed by atoms with Gasteiger partial charge in [0.1, 0.15) is 34.8 Å². The number of rotatable bonds is 18. The molecule has 0 radical (unpaired) electrons. The Kier molecular flexibility index (Phi) is 17.7. The third-order valence-electron chi connectivity index (χ3n) is 9.75. The van der Waals surface area contributed by atoms with Gasteiger partial charge in [-0.2, -0.15) is 0 Å². The molecule has 0 fully saturated rings. The maximum absolute atomic E-state index is 12.9. The average Bonchev–Trinajstić information content (AvgIpc) is 3.21. The molecule has 0 unspecified atom stereocenters. The number of halogens is 2. The van der Waals surface area contributed by atoms with Crippen molar-refractivity contribution in [1.82, 2.24) is 0 Å². The third-order valence-corrected chi connectivity index (χ3v) is 10.2. The van der Waals surface area contributed by atoms with Gasteiger partial charge in [-0.25, -0.2) is 0 Å². The summed E-state index contributed by atoms with van der Waals surface area (Å²) < 4.78 is 26.6. The molecular weight excluding hydrogens is 831 g/mol. The first kappa shape index (κ1) is 47.6. The van der Waals surface area contributed by atoms with Gasteiger partial charge in [-0.05, 0) is 74.2 Å².